The summed E-state index contributed by atoms with van der Waals surface area (Å²) in [5, 5.41) is 0. The summed E-state index contributed by atoms with van der Waals surface area (Å²) in [5.41, 5.74) is -1.76. The Hall–Kier alpha value is -2.98. The van der Waals surface area contributed by atoms with Crippen molar-refractivity contribution in [3.8, 4) is 11.3 Å². The molecule has 6 nitrogen and oxygen atoms in total. The Kier molecular flexibility index (Phi) is 7.05. The number of H-pyrrole nitrogens is 1. The van der Waals surface area contributed by atoms with E-state index in [2.05, 4.69) is 9.97 Å². The molecule has 2 aromatic heterocycles. The molecule has 1 N–H and O–H groups in total. The Morgan fingerprint density at radius 3 is 2.50 bits per heavy atom. The van der Waals surface area contributed by atoms with Gasteiger partial charge in [0.15, 0.2) is 5.43 Å². The molecule has 0 radical (unpaired) electrons. The highest BCUT2D eigenvalue weighted by atomic mass is 19.4. The summed E-state index contributed by atoms with van der Waals surface area (Å²) in [6.07, 6.45) is -5.70. The molecule has 1 aliphatic rings. The Morgan fingerprint density at radius 2 is 1.88 bits per heavy atom. The van der Waals surface area contributed by atoms with E-state index in [-0.39, 0.29) is 59.9 Å². The first-order valence-corrected chi connectivity index (χ1v) is 10.9. The minimum Gasteiger partial charge on any atom is -0.462 e. The highest BCUT2D eigenvalue weighted by Gasteiger charge is 2.38. The lowest BCUT2D eigenvalue weighted by atomic mass is 9.99. The van der Waals surface area contributed by atoms with Crippen LogP contribution >= 0.6 is 0 Å². The third kappa shape index (κ3) is 5.07. The van der Waals surface area contributed by atoms with Gasteiger partial charge in [-0.05, 0) is 45.7 Å². The maximum atomic E-state index is 14.0. The van der Waals surface area contributed by atoms with Gasteiger partial charge in [-0.3, -0.25) is 4.79 Å². The molecule has 0 saturated carbocycles. The number of aromatic amines is 1. The Bertz CT molecular complexity index is 1160. The second kappa shape index (κ2) is 9.34. The molecule has 3 rings (SSSR count). The van der Waals surface area contributed by atoms with Crippen LogP contribution in [0.4, 0.5) is 27.8 Å². The summed E-state index contributed by atoms with van der Waals surface area (Å²) in [6, 6.07) is 1.18. The van der Waals surface area contributed by atoms with E-state index in [0.717, 1.165) is 0 Å². The molecule has 1 fully saturated rings. The van der Waals surface area contributed by atoms with Gasteiger partial charge >= 0.3 is 12.1 Å². The van der Waals surface area contributed by atoms with Crippen LogP contribution in [0.3, 0.4) is 0 Å². The van der Waals surface area contributed by atoms with Crippen LogP contribution in [0.5, 0.6) is 0 Å². The lowest BCUT2D eigenvalue weighted by molar-refractivity contribution is -0.141. The third-order valence-corrected chi connectivity index (χ3v) is 5.92. The molecular formula is C23H26F5N3O3. The zero-order valence-electron chi connectivity index (χ0n) is 19.3. The van der Waals surface area contributed by atoms with Crippen LogP contribution in [0.15, 0.2) is 10.9 Å². The van der Waals surface area contributed by atoms with Crippen LogP contribution in [-0.2, 0) is 10.9 Å². The second-order valence-corrected chi connectivity index (χ2v) is 8.39. The van der Waals surface area contributed by atoms with Crippen LogP contribution < -0.4 is 10.3 Å². The van der Waals surface area contributed by atoms with Crippen LogP contribution in [0, 0.1) is 20.8 Å². The first kappa shape index (κ1) is 25.6. The number of anilines is 1. The van der Waals surface area contributed by atoms with E-state index in [9.17, 15) is 31.5 Å². The van der Waals surface area contributed by atoms with E-state index in [0.29, 0.717) is 5.69 Å². The monoisotopic (exact) mass is 487 g/mol. The van der Waals surface area contributed by atoms with Crippen LogP contribution in [0.1, 0.15) is 59.1 Å². The van der Waals surface area contributed by atoms with Gasteiger partial charge in [0.25, 0.3) is 0 Å². The van der Waals surface area contributed by atoms with Gasteiger partial charge in [0.2, 0.25) is 5.92 Å². The number of esters is 1. The quantitative estimate of drug-likeness (QED) is 0.475. The lowest BCUT2D eigenvalue weighted by Gasteiger charge is -2.27. The number of rotatable bonds is 4. The number of nitrogens with zero attached hydrogens (tertiary/aromatic N) is 2. The van der Waals surface area contributed by atoms with Gasteiger partial charge in [-0.15, -0.1) is 0 Å². The predicted octanol–water partition coefficient (Wildman–Crippen LogP) is 5.18. The van der Waals surface area contributed by atoms with Gasteiger partial charge in [-0.2, -0.15) is 13.2 Å². The second-order valence-electron chi connectivity index (χ2n) is 8.39. The summed E-state index contributed by atoms with van der Waals surface area (Å²) in [6.45, 7) is 5.64. The normalized spacial score (nSPS) is 16.3. The smallest absolute Gasteiger partial charge is 0.433 e. The number of pyridine rings is 2. The number of aromatic nitrogens is 2. The van der Waals surface area contributed by atoms with Crippen molar-refractivity contribution in [1.82, 2.24) is 9.97 Å². The minimum absolute atomic E-state index is 0.0248. The largest absolute Gasteiger partial charge is 0.462 e. The van der Waals surface area contributed by atoms with Crippen molar-refractivity contribution >= 4 is 11.8 Å². The lowest BCUT2D eigenvalue weighted by Crippen LogP contribution is -2.29. The number of ether oxygens (including phenoxy) is 1. The van der Waals surface area contributed by atoms with Crippen molar-refractivity contribution in [3.63, 3.8) is 0 Å². The van der Waals surface area contributed by atoms with E-state index in [4.69, 9.17) is 4.74 Å². The maximum Gasteiger partial charge on any atom is 0.433 e. The van der Waals surface area contributed by atoms with Crippen molar-refractivity contribution in [2.24, 2.45) is 0 Å². The topological polar surface area (TPSA) is 75.3 Å². The first-order chi connectivity index (χ1) is 15.8. The van der Waals surface area contributed by atoms with Crippen molar-refractivity contribution in [2.75, 3.05) is 24.6 Å². The predicted molar refractivity (Wildman–Crippen MR) is 116 cm³/mol. The van der Waals surface area contributed by atoms with E-state index in [1.807, 2.05) is 0 Å². The Balaban J connectivity index is 2.33. The molecule has 34 heavy (non-hydrogen) atoms. The van der Waals surface area contributed by atoms with E-state index >= 15 is 0 Å². The molecule has 0 aliphatic carbocycles. The van der Waals surface area contributed by atoms with E-state index in [1.54, 1.807) is 13.8 Å². The SMILES string of the molecule is CCOC(=O)c1c(-c2cc(C)c(C(F)(F)F)nc2N2CCCC(F)(F)CC2)[nH]c(C)c(C)c1=O. The molecule has 1 saturated heterocycles. The average molecular weight is 487 g/mol. The number of hydrogen-bond acceptors (Lipinski definition) is 5. The number of carbonyl (C=O) groups excluding carboxylic acids is 1. The van der Waals surface area contributed by atoms with E-state index < -0.39 is 42.0 Å². The molecule has 2 aromatic rings. The average Bonchev–Trinajstić information content (AvgIpc) is 2.91. The van der Waals surface area contributed by atoms with Crippen LogP contribution in [0.25, 0.3) is 11.3 Å². The fourth-order valence-corrected chi connectivity index (χ4v) is 4.01. The van der Waals surface area contributed by atoms with Crippen LogP contribution in [0.2, 0.25) is 0 Å². The molecule has 186 valence electrons. The number of carbonyl (C=O) groups is 1. The zero-order chi connectivity index (χ0) is 25.4. The number of nitrogens with one attached hydrogen (secondary N) is 1. The Labute approximate surface area is 193 Å². The van der Waals surface area contributed by atoms with Crippen LogP contribution in [-0.4, -0.2) is 41.6 Å². The molecule has 0 bridgehead atoms. The Morgan fingerprint density at radius 1 is 1.21 bits per heavy atom. The molecule has 0 unspecified atom stereocenters. The van der Waals surface area contributed by atoms with Gasteiger partial charge < -0.3 is 14.6 Å². The van der Waals surface area contributed by atoms with Gasteiger partial charge in [0.1, 0.15) is 17.1 Å². The number of aryl methyl sites for hydroxylation is 2. The van der Waals surface area contributed by atoms with Gasteiger partial charge in [-0.1, -0.05) is 0 Å². The molecule has 3 heterocycles. The number of alkyl halides is 5. The van der Waals surface area contributed by atoms with Crippen molar-refractivity contribution in [3.05, 3.63) is 44.4 Å². The molecule has 11 heteroatoms. The van der Waals surface area contributed by atoms with Crippen molar-refractivity contribution < 1.29 is 31.5 Å². The zero-order valence-corrected chi connectivity index (χ0v) is 19.3. The highest BCUT2D eigenvalue weighted by molar-refractivity contribution is 5.98. The van der Waals surface area contributed by atoms with Gasteiger partial charge in [0, 0.05) is 42.8 Å². The molecular weight excluding hydrogens is 461 g/mol. The number of hydrogen-bond donors (Lipinski definition) is 1. The summed E-state index contributed by atoms with van der Waals surface area (Å²) < 4.78 is 74.1. The number of halogens is 5. The molecule has 0 amide bonds. The molecule has 0 spiro atoms. The first-order valence-electron chi connectivity index (χ1n) is 10.9. The summed E-state index contributed by atoms with van der Waals surface area (Å²) in [5.74, 6) is -4.11. The van der Waals surface area contributed by atoms with Crippen molar-refractivity contribution in [1.29, 1.82) is 0 Å². The van der Waals surface area contributed by atoms with Crippen molar-refractivity contribution in [2.45, 2.75) is 59.1 Å². The maximum absolute atomic E-state index is 14.0. The standard InChI is InChI=1S/C23H26F5N3O3/c1-5-34-21(33)16-17(29-14(4)13(3)18(16)32)15-11-12(2)19(23(26,27)28)30-20(15)31-9-6-7-22(24,25)8-10-31/h11H,5-10H2,1-4H3,(H,29,32). The molecule has 0 atom stereocenters. The van der Waals surface area contributed by atoms with Gasteiger partial charge in [-0.25, -0.2) is 18.6 Å². The van der Waals surface area contributed by atoms with E-state index in [1.165, 1.54) is 24.8 Å². The summed E-state index contributed by atoms with van der Waals surface area (Å²) in [7, 11) is 0. The summed E-state index contributed by atoms with van der Waals surface area (Å²) in [4.78, 5) is 33.8. The fourth-order valence-electron chi connectivity index (χ4n) is 4.01. The molecule has 0 aromatic carbocycles. The molecule has 1 aliphatic heterocycles. The third-order valence-electron chi connectivity index (χ3n) is 5.92. The van der Waals surface area contributed by atoms with Gasteiger partial charge in [0.05, 0.1) is 12.3 Å². The highest BCUT2D eigenvalue weighted by Crippen LogP contribution is 2.39. The minimum atomic E-state index is -4.78. The fraction of sp³-hybridized carbons (Fsp3) is 0.522. The summed E-state index contributed by atoms with van der Waals surface area (Å²) >= 11 is 0.